The first-order chi connectivity index (χ1) is 5.65. The molecule has 0 aromatic carbocycles. The highest BCUT2D eigenvalue weighted by molar-refractivity contribution is 5.88. The second-order valence-corrected chi connectivity index (χ2v) is 2.22. The van der Waals surface area contributed by atoms with Gasteiger partial charge in [-0.15, -0.1) is 0 Å². The molecule has 0 heterocycles. The van der Waals surface area contributed by atoms with Crippen LogP contribution in [0.1, 0.15) is 6.92 Å². The Bertz CT molecular complexity index is 218. The van der Waals surface area contributed by atoms with Crippen molar-refractivity contribution in [3.05, 3.63) is 23.9 Å². The summed E-state index contributed by atoms with van der Waals surface area (Å²) in [5.74, 6) is 5.71. The summed E-state index contributed by atoms with van der Waals surface area (Å²) in [7, 11) is 3.21. The summed E-state index contributed by atoms with van der Waals surface area (Å²) >= 11 is 0. The normalized spacial score (nSPS) is 12.7. The van der Waals surface area contributed by atoms with Crippen molar-refractivity contribution in [1.82, 2.24) is 5.43 Å². The molecule has 0 aromatic rings. The molecule has 0 rings (SSSR count). The van der Waals surface area contributed by atoms with Gasteiger partial charge in [-0.1, -0.05) is 6.58 Å². The zero-order chi connectivity index (χ0) is 9.56. The van der Waals surface area contributed by atoms with Crippen molar-refractivity contribution in [3.8, 4) is 0 Å². The Morgan fingerprint density at radius 1 is 1.67 bits per heavy atom. The number of allylic oxidation sites excluding steroid dienone is 1. The van der Waals surface area contributed by atoms with E-state index in [4.69, 9.17) is 10.6 Å². The molecular formula is C8H15N3O. The van der Waals surface area contributed by atoms with E-state index in [1.807, 2.05) is 6.92 Å². The van der Waals surface area contributed by atoms with Crippen LogP contribution in [-0.4, -0.2) is 20.1 Å². The molecule has 0 bridgehead atoms. The van der Waals surface area contributed by atoms with Crippen LogP contribution < -0.4 is 11.3 Å². The molecule has 0 aliphatic rings. The van der Waals surface area contributed by atoms with Crippen molar-refractivity contribution in [2.75, 3.05) is 14.2 Å². The molecule has 0 amide bonds. The van der Waals surface area contributed by atoms with Gasteiger partial charge in [0, 0.05) is 18.8 Å². The topological polar surface area (TPSA) is 59.6 Å². The highest BCUT2D eigenvalue weighted by atomic mass is 16.5. The Balaban J connectivity index is 4.44. The monoisotopic (exact) mass is 169 g/mol. The summed E-state index contributed by atoms with van der Waals surface area (Å²) in [6.45, 7) is 5.55. The molecular weight excluding hydrogens is 154 g/mol. The zero-order valence-corrected chi connectivity index (χ0v) is 7.72. The fourth-order valence-corrected chi connectivity index (χ4v) is 0.601. The molecule has 0 aliphatic carbocycles. The van der Waals surface area contributed by atoms with Gasteiger partial charge in [0.25, 0.3) is 0 Å². The van der Waals surface area contributed by atoms with E-state index in [1.165, 1.54) is 0 Å². The van der Waals surface area contributed by atoms with E-state index in [-0.39, 0.29) is 0 Å². The predicted octanol–water partition coefficient (Wildman–Crippen LogP) is 0.584. The van der Waals surface area contributed by atoms with E-state index in [9.17, 15) is 0 Å². The molecule has 0 aromatic heterocycles. The van der Waals surface area contributed by atoms with Crippen molar-refractivity contribution >= 4 is 5.90 Å². The fraction of sp³-hybridized carbons (Fsp3) is 0.375. The molecule has 3 N–H and O–H groups in total. The standard InChI is InChI=1S/C8H15N3O/c1-6(7(2)11-9)5-8(10-3)12-4/h5,11H,2,9H2,1,3-4H3/b6-5-,10-8?. The first-order valence-electron chi connectivity index (χ1n) is 3.50. The molecule has 0 saturated carbocycles. The second-order valence-electron chi connectivity index (χ2n) is 2.22. The van der Waals surface area contributed by atoms with Crippen molar-refractivity contribution in [1.29, 1.82) is 0 Å². The Hall–Kier alpha value is -1.29. The summed E-state index contributed by atoms with van der Waals surface area (Å²) in [6.07, 6.45) is 1.75. The number of hydrogen-bond donors (Lipinski definition) is 2. The van der Waals surface area contributed by atoms with E-state index in [1.54, 1.807) is 20.2 Å². The molecule has 0 spiro atoms. The molecule has 0 aliphatic heterocycles. The van der Waals surface area contributed by atoms with E-state index in [2.05, 4.69) is 17.0 Å². The molecule has 0 fully saturated rings. The summed E-state index contributed by atoms with van der Waals surface area (Å²) in [4.78, 5) is 3.87. The molecule has 0 radical (unpaired) electrons. The Morgan fingerprint density at radius 2 is 2.25 bits per heavy atom. The quantitative estimate of drug-likeness (QED) is 0.214. The Labute approximate surface area is 72.8 Å². The van der Waals surface area contributed by atoms with Gasteiger partial charge in [0.05, 0.1) is 7.11 Å². The number of hydrazine groups is 1. The molecule has 4 heteroatoms. The smallest absolute Gasteiger partial charge is 0.208 e. The third-order valence-corrected chi connectivity index (χ3v) is 1.42. The van der Waals surface area contributed by atoms with Gasteiger partial charge in [-0.3, -0.25) is 10.8 Å². The van der Waals surface area contributed by atoms with Crippen LogP contribution in [0.15, 0.2) is 28.9 Å². The van der Waals surface area contributed by atoms with Crippen LogP contribution >= 0.6 is 0 Å². The van der Waals surface area contributed by atoms with Gasteiger partial charge in [-0.05, 0) is 12.5 Å². The minimum Gasteiger partial charge on any atom is -0.481 e. The largest absolute Gasteiger partial charge is 0.481 e. The van der Waals surface area contributed by atoms with Crippen molar-refractivity contribution in [2.24, 2.45) is 10.8 Å². The van der Waals surface area contributed by atoms with Gasteiger partial charge in [0.2, 0.25) is 5.90 Å². The zero-order valence-electron chi connectivity index (χ0n) is 7.72. The Kier molecular flexibility index (Phi) is 4.79. The summed E-state index contributed by atoms with van der Waals surface area (Å²) in [5.41, 5.74) is 3.98. The highest BCUT2D eigenvalue weighted by Gasteiger charge is 1.96. The average Bonchev–Trinajstić information content (AvgIpc) is 2.12. The van der Waals surface area contributed by atoms with E-state index >= 15 is 0 Å². The number of hydrogen-bond acceptors (Lipinski definition) is 4. The number of nitrogens with two attached hydrogens (primary N) is 1. The number of rotatable bonds is 3. The summed E-state index contributed by atoms with van der Waals surface area (Å²) in [6, 6.07) is 0. The van der Waals surface area contributed by atoms with Crippen molar-refractivity contribution < 1.29 is 4.74 Å². The lowest BCUT2D eigenvalue weighted by Gasteiger charge is -2.04. The van der Waals surface area contributed by atoms with Crippen LogP contribution in [0.2, 0.25) is 0 Å². The maximum Gasteiger partial charge on any atom is 0.208 e. The minimum atomic E-state index is 0.545. The molecule has 0 saturated heterocycles. The highest BCUT2D eigenvalue weighted by Crippen LogP contribution is 2.01. The van der Waals surface area contributed by atoms with Gasteiger partial charge in [0.15, 0.2) is 0 Å². The third kappa shape index (κ3) is 3.21. The molecule has 68 valence electrons. The number of methoxy groups -OCH3 is 1. The van der Waals surface area contributed by atoms with Crippen LogP contribution in [-0.2, 0) is 4.74 Å². The lowest BCUT2D eigenvalue weighted by atomic mass is 10.2. The molecule has 12 heavy (non-hydrogen) atoms. The number of nitrogens with one attached hydrogen (secondary N) is 1. The van der Waals surface area contributed by atoms with Crippen LogP contribution in [0.4, 0.5) is 0 Å². The minimum absolute atomic E-state index is 0.545. The van der Waals surface area contributed by atoms with Gasteiger partial charge < -0.3 is 10.2 Å². The Morgan fingerprint density at radius 3 is 2.58 bits per heavy atom. The average molecular weight is 169 g/mol. The van der Waals surface area contributed by atoms with E-state index < -0.39 is 0 Å². The lowest BCUT2D eigenvalue weighted by molar-refractivity contribution is 0.406. The molecule has 0 unspecified atom stereocenters. The predicted molar refractivity (Wildman–Crippen MR) is 50.6 cm³/mol. The third-order valence-electron chi connectivity index (χ3n) is 1.42. The van der Waals surface area contributed by atoms with Crippen LogP contribution in [0.5, 0.6) is 0 Å². The first-order valence-corrected chi connectivity index (χ1v) is 3.50. The maximum absolute atomic E-state index is 5.16. The second kappa shape index (κ2) is 5.37. The maximum atomic E-state index is 5.16. The van der Waals surface area contributed by atoms with E-state index in [0.29, 0.717) is 11.6 Å². The van der Waals surface area contributed by atoms with Crippen molar-refractivity contribution in [3.63, 3.8) is 0 Å². The lowest BCUT2D eigenvalue weighted by Crippen LogP contribution is -2.21. The fourth-order valence-electron chi connectivity index (χ4n) is 0.601. The van der Waals surface area contributed by atoms with Gasteiger partial charge in [-0.2, -0.15) is 0 Å². The van der Waals surface area contributed by atoms with Crippen LogP contribution in [0.25, 0.3) is 0 Å². The first kappa shape index (κ1) is 10.7. The van der Waals surface area contributed by atoms with Crippen LogP contribution in [0, 0.1) is 0 Å². The van der Waals surface area contributed by atoms with Gasteiger partial charge in [-0.25, -0.2) is 0 Å². The number of nitrogens with zero attached hydrogens (tertiary/aromatic N) is 1. The van der Waals surface area contributed by atoms with Crippen LogP contribution in [0.3, 0.4) is 0 Å². The summed E-state index contributed by atoms with van der Waals surface area (Å²) in [5, 5.41) is 0. The number of ether oxygens (including phenoxy) is 1. The number of aliphatic imine (C=N–C) groups is 1. The van der Waals surface area contributed by atoms with Crippen molar-refractivity contribution in [2.45, 2.75) is 6.92 Å². The van der Waals surface area contributed by atoms with E-state index in [0.717, 1.165) is 5.57 Å². The SMILES string of the molecule is C=C(NN)/C(C)=C\C(=NC)OC. The summed E-state index contributed by atoms with van der Waals surface area (Å²) < 4.78 is 4.93. The molecule has 0 atom stereocenters. The van der Waals surface area contributed by atoms with Gasteiger partial charge in [0.1, 0.15) is 0 Å². The molecule has 4 nitrogen and oxygen atoms in total. The van der Waals surface area contributed by atoms with Gasteiger partial charge >= 0.3 is 0 Å².